The summed E-state index contributed by atoms with van der Waals surface area (Å²) in [5.74, 6) is 3.03. The molecule has 1 atom stereocenters. The van der Waals surface area contributed by atoms with Crippen LogP contribution in [0.5, 0.6) is 0 Å². The molecular weight excluding hydrogens is 256 g/mol. The van der Waals surface area contributed by atoms with Crippen LogP contribution in [0.3, 0.4) is 0 Å². The van der Waals surface area contributed by atoms with Gasteiger partial charge in [0.1, 0.15) is 0 Å². The van der Waals surface area contributed by atoms with Crippen molar-refractivity contribution < 1.29 is 0 Å². The molecule has 1 aromatic carbocycles. The molecule has 2 heteroatoms. The quantitative estimate of drug-likeness (QED) is 0.796. The van der Waals surface area contributed by atoms with Crippen LogP contribution in [0.25, 0.3) is 0 Å². The van der Waals surface area contributed by atoms with Crippen LogP contribution >= 0.6 is 0 Å². The van der Waals surface area contributed by atoms with Crippen molar-refractivity contribution in [2.24, 2.45) is 23.2 Å². The number of hydrogen-bond donors (Lipinski definition) is 2. The van der Waals surface area contributed by atoms with Crippen LogP contribution in [0.2, 0.25) is 0 Å². The Bertz CT molecular complexity index is 493. The van der Waals surface area contributed by atoms with Crippen molar-refractivity contribution in [2.45, 2.75) is 58.4 Å². The smallest absolute Gasteiger partial charge is 0.0605 e. The largest absolute Gasteiger partial charge is 0.397 e. The van der Waals surface area contributed by atoms with E-state index in [1.54, 1.807) is 0 Å². The van der Waals surface area contributed by atoms with Gasteiger partial charge in [0.15, 0.2) is 0 Å². The number of nitrogen functional groups attached to an aromatic ring is 1. The Hall–Kier alpha value is -1.18. The Balaban J connectivity index is 1.59. The lowest BCUT2D eigenvalue weighted by Gasteiger charge is -2.59. The number of benzene rings is 1. The highest BCUT2D eigenvalue weighted by Crippen LogP contribution is 2.61. The first-order valence-electron chi connectivity index (χ1n) is 8.67. The Morgan fingerprint density at radius 3 is 2.19 bits per heavy atom. The van der Waals surface area contributed by atoms with Crippen LogP contribution in [-0.2, 0) is 0 Å². The summed E-state index contributed by atoms with van der Waals surface area (Å²) in [6.07, 6.45) is 8.87. The molecule has 0 amide bonds. The molecule has 21 heavy (non-hydrogen) atoms. The molecule has 4 bridgehead atoms. The van der Waals surface area contributed by atoms with Gasteiger partial charge in [-0.15, -0.1) is 0 Å². The molecular formula is C19H28N2. The highest BCUT2D eigenvalue weighted by atomic mass is 15.0. The van der Waals surface area contributed by atoms with Gasteiger partial charge in [0.05, 0.1) is 11.4 Å². The molecule has 4 aliphatic carbocycles. The van der Waals surface area contributed by atoms with E-state index in [1.807, 2.05) is 12.1 Å². The van der Waals surface area contributed by atoms with E-state index in [-0.39, 0.29) is 0 Å². The summed E-state index contributed by atoms with van der Waals surface area (Å²) in [5.41, 5.74) is 10.1. The zero-order valence-electron chi connectivity index (χ0n) is 13.4. The van der Waals surface area contributed by atoms with Crippen LogP contribution in [0.15, 0.2) is 18.2 Å². The van der Waals surface area contributed by atoms with Gasteiger partial charge < -0.3 is 11.1 Å². The van der Waals surface area contributed by atoms with Gasteiger partial charge in [-0.3, -0.25) is 0 Å². The van der Waals surface area contributed by atoms with Crippen molar-refractivity contribution in [1.82, 2.24) is 0 Å². The molecule has 4 saturated carbocycles. The SMILES string of the molecule is Cc1cccc(N)c1NC(C)C12CC3CC(CC(C3)C1)C2. The Morgan fingerprint density at radius 2 is 1.67 bits per heavy atom. The molecule has 3 N–H and O–H groups in total. The number of aryl methyl sites for hydroxylation is 1. The summed E-state index contributed by atoms with van der Waals surface area (Å²) < 4.78 is 0. The highest BCUT2D eigenvalue weighted by Gasteiger charge is 2.53. The van der Waals surface area contributed by atoms with Crippen LogP contribution in [-0.4, -0.2) is 6.04 Å². The minimum absolute atomic E-state index is 0.531. The second-order valence-corrected chi connectivity index (χ2v) is 8.19. The minimum Gasteiger partial charge on any atom is -0.397 e. The predicted molar refractivity (Wildman–Crippen MR) is 89.3 cm³/mol. The lowest BCUT2D eigenvalue weighted by atomic mass is 9.48. The van der Waals surface area contributed by atoms with Crippen LogP contribution < -0.4 is 11.1 Å². The van der Waals surface area contributed by atoms with E-state index >= 15 is 0 Å². The van der Waals surface area contributed by atoms with E-state index in [1.165, 1.54) is 49.8 Å². The fraction of sp³-hybridized carbons (Fsp3) is 0.684. The van der Waals surface area contributed by atoms with E-state index in [0.717, 1.165) is 23.4 Å². The van der Waals surface area contributed by atoms with E-state index in [4.69, 9.17) is 5.73 Å². The van der Waals surface area contributed by atoms with E-state index < -0.39 is 0 Å². The summed E-state index contributed by atoms with van der Waals surface area (Å²) in [6, 6.07) is 6.76. The molecule has 114 valence electrons. The summed E-state index contributed by atoms with van der Waals surface area (Å²) >= 11 is 0. The monoisotopic (exact) mass is 284 g/mol. The second-order valence-electron chi connectivity index (χ2n) is 8.19. The van der Waals surface area contributed by atoms with Gasteiger partial charge in [-0.05, 0) is 87.2 Å². The van der Waals surface area contributed by atoms with Crippen molar-refractivity contribution in [1.29, 1.82) is 0 Å². The number of nitrogens with two attached hydrogens (primary N) is 1. The molecule has 0 spiro atoms. The fourth-order valence-electron chi connectivity index (χ4n) is 5.97. The van der Waals surface area contributed by atoms with Gasteiger partial charge in [-0.1, -0.05) is 12.1 Å². The second kappa shape index (κ2) is 4.66. The Morgan fingerprint density at radius 1 is 1.10 bits per heavy atom. The number of hydrogen-bond acceptors (Lipinski definition) is 2. The third-order valence-corrected chi connectivity index (χ3v) is 6.67. The zero-order chi connectivity index (χ0) is 14.6. The van der Waals surface area contributed by atoms with Crippen molar-refractivity contribution in [3.8, 4) is 0 Å². The van der Waals surface area contributed by atoms with Crippen molar-refractivity contribution >= 4 is 11.4 Å². The van der Waals surface area contributed by atoms with E-state index in [9.17, 15) is 0 Å². The van der Waals surface area contributed by atoms with Crippen LogP contribution in [0.4, 0.5) is 11.4 Å². The average molecular weight is 284 g/mol. The maximum Gasteiger partial charge on any atom is 0.0605 e. The molecule has 0 saturated heterocycles. The maximum absolute atomic E-state index is 6.20. The summed E-state index contributed by atoms with van der Waals surface area (Å²) in [5, 5.41) is 3.81. The number of anilines is 2. The molecule has 0 radical (unpaired) electrons. The topological polar surface area (TPSA) is 38.0 Å². The van der Waals surface area contributed by atoms with Gasteiger partial charge in [0, 0.05) is 6.04 Å². The first-order chi connectivity index (χ1) is 10.1. The molecule has 4 fully saturated rings. The highest BCUT2D eigenvalue weighted by molar-refractivity contribution is 5.70. The van der Waals surface area contributed by atoms with Crippen molar-refractivity contribution in [3.63, 3.8) is 0 Å². The molecule has 2 nitrogen and oxygen atoms in total. The van der Waals surface area contributed by atoms with Crippen molar-refractivity contribution in [2.75, 3.05) is 11.1 Å². The maximum atomic E-state index is 6.20. The van der Waals surface area contributed by atoms with Crippen molar-refractivity contribution in [3.05, 3.63) is 23.8 Å². The third-order valence-electron chi connectivity index (χ3n) is 6.67. The molecule has 0 aliphatic heterocycles. The molecule has 1 aromatic rings. The number of para-hydroxylation sites is 1. The van der Waals surface area contributed by atoms with Gasteiger partial charge >= 0.3 is 0 Å². The first kappa shape index (κ1) is 13.5. The number of nitrogens with one attached hydrogen (secondary N) is 1. The predicted octanol–water partition coefficient (Wildman–Crippen LogP) is 4.59. The average Bonchev–Trinajstić information content (AvgIpc) is 2.41. The van der Waals surface area contributed by atoms with Gasteiger partial charge in [0.2, 0.25) is 0 Å². The van der Waals surface area contributed by atoms with Crippen LogP contribution in [0, 0.1) is 30.1 Å². The minimum atomic E-state index is 0.531. The van der Waals surface area contributed by atoms with Gasteiger partial charge in [0.25, 0.3) is 0 Å². The summed E-state index contributed by atoms with van der Waals surface area (Å²) in [7, 11) is 0. The molecule has 0 aromatic heterocycles. The zero-order valence-corrected chi connectivity index (χ0v) is 13.4. The van der Waals surface area contributed by atoms with E-state index in [0.29, 0.717) is 11.5 Å². The molecule has 0 heterocycles. The first-order valence-corrected chi connectivity index (χ1v) is 8.67. The standard InChI is InChI=1S/C19H28N2/c1-12-4-3-5-17(20)18(12)21-13(2)19-9-14-6-15(10-19)8-16(7-14)11-19/h3-5,13-16,21H,6-11,20H2,1-2H3. The summed E-state index contributed by atoms with van der Waals surface area (Å²) in [6.45, 7) is 4.56. The lowest BCUT2D eigenvalue weighted by Crippen LogP contribution is -2.53. The normalized spacial score (nSPS) is 38.5. The molecule has 5 rings (SSSR count). The Labute approximate surface area is 128 Å². The lowest BCUT2D eigenvalue weighted by molar-refractivity contribution is -0.0602. The van der Waals surface area contributed by atoms with Crippen LogP contribution in [0.1, 0.15) is 51.0 Å². The molecule has 1 unspecified atom stereocenters. The van der Waals surface area contributed by atoms with Gasteiger partial charge in [-0.2, -0.15) is 0 Å². The number of rotatable bonds is 3. The summed E-state index contributed by atoms with van der Waals surface area (Å²) in [4.78, 5) is 0. The fourth-order valence-corrected chi connectivity index (χ4v) is 5.97. The molecule has 4 aliphatic rings. The van der Waals surface area contributed by atoms with E-state index in [2.05, 4.69) is 25.2 Å². The third kappa shape index (κ3) is 2.15. The van der Waals surface area contributed by atoms with Gasteiger partial charge in [-0.25, -0.2) is 0 Å². The Kier molecular flexibility index (Phi) is 2.99.